The lowest BCUT2D eigenvalue weighted by Gasteiger charge is -2.16. The minimum absolute atomic E-state index is 0.530. The van der Waals surface area contributed by atoms with Crippen molar-refractivity contribution in [3.05, 3.63) is 12.4 Å². The van der Waals surface area contributed by atoms with Crippen LogP contribution in [0.2, 0.25) is 0 Å². The average Bonchev–Trinajstić information content (AvgIpc) is 2.61. The summed E-state index contributed by atoms with van der Waals surface area (Å²) in [6.45, 7) is 6.77. The Bertz CT molecular complexity index is 265. The molecule has 1 N–H and O–H groups in total. The van der Waals surface area contributed by atoms with Crippen LogP contribution in [0.5, 0.6) is 0 Å². The standard InChI is InChI=1S/C11H21N3/c1-9(2)5-6-10(3)14-8-7-13-11(14)12-4/h7-10H,5-6H2,1-4H3,(H,12,13). The summed E-state index contributed by atoms with van der Waals surface area (Å²) in [6, 6.07) is 0.530. The van der Waals surface area contributed by atoms with E-state index in [0.29, 0.717) is 6.04 Å². The van der Waals surface area contributed by atoms with Crippen LogP contribution in [-0.2, 0) is 0 Å². The Balaban J connectivity index is 2.55. The van der Waals surface area contributed by atoms with Crippen LogP contribution in [-0.4, -0.2) is 16.6 Å². The molecule has 1 atom stereocenters. The van der Waals surface area contributed by atoms with Gasteiger partial charge in [0.2, 0.25) is 5.95 Å². The third kappa shape index (κ3) is 2.76. The average molecular weight is 195 g/mol. The highest BCUT2D eigenvalue weighted by Gasteiger charge is 2.08. The van der Waals surface area contributed by atoms with Crippen LogP contribution in [0.1, 0.15) is 39.7 Å². The van der Waals surface area contributed by atoms with Gasteiger partial charge in [0.15, 0.2) is 0 Å². The van der Waals surface area contributed by atoms with Gasteiger partial charge in [-0.15, -0.1) is 0 Å². The van der Waals surface area contributed by atoms with Gasteiger partial charge in [-0.05, 0) is 25.7 Å². The summed E-state index contributed by atoms with van der Waals surface area (Å²) in [5.74, 6) is 1.74. The van der Waals surface area contributed by atoms with Crippen LogP contribution in [0, 0.1) is 5.92 Å². The summed E-state index contributed by atoms with van der Waals surface area (Å²) in [7, 11) is 1.91. The Kier molecular flexibility index (Phi) is 3.98. The van der Waals surface area contributed by atoms with Gasteiger partial charge >= 0.3 is 0 Å². The first-order valence-electron chi connectivity index (χ1n) is 5.35. The van der Waals surface area contributed by atoms with Crippen LogP contribution < -0.4 is 5.32 Å². The van der Waals surface area contributed by atoms with E-state index in [1.54, 1.807) is 0 Å². The lowest BCUT2D eigenvalue weighted by Crippen LogP contribution is -2.09. The zero-order valence-corrected chi connectivity index (χ0v) is 9.62. The molecule has 1 unspecified atom stereocenters. The summed E-state index contributed by atoms with van der Waals surface area (Å²) in [5.41, 5.74) is 0. The molecule has 0 saturated heterocycles. The number of nitrogens with one attached hydrogen (secondary N) is 1. The molecule has 0 amide bonds. The largest absolute Gasteiger partial charge is 0.359 e. The van der Waals surface area contributed by atoms with E-state index in [9.17, 15) is 0 Å². The zero-order valence-electron chi connectivity index (χ0n) is 9.62. The Hall–Kier alpha value is -0.990. The van der Waals surface area contributed by atoms with Gasteiger partial charge in [-0.1, -0.05) is 13.8 Å². The van der Waals surface area contributed by atoms with Crippen LogP contribution in [0.15, 0.2) is 12.4 Å². The molecule has 0 aliphatic heterocycles. The summed E-state index contributed by atoms with van der Waals surface area (Å²) < 4.78 is 2.20. The SMILES string of the molecule is CNc1nccn1C(C)CCC(C)C. The van der Waals surface area contributed by atoms with Gasteiger partial charge in [0.1, 0.15) is 0 Å². The number of rotatable bonds is 5. The second-order valence-corrected chi connectivity index (χ2v) is 4.23. The van der Waals surface area contributed by atoms with E-state index in [2.05, 4.69) is 35.6 Å². The van der Waals surface area contributed by atoms with Crippen LogP contribution >= 0.6 is 0 Å². The normalized spacial score (nSPS) is 13.2. The third-order valence-electron chi connectivity index (χ3n) is 2.53. The van der Waals surface area contributed by atoms with Gasteiger partial charge in [-0.3, -0.25) is 0 Å². The number of hydrogen-bond acceptors (Lipinski definition) is 2. The molecule has 1 heterocycles. The number of aromatic nitrogens is 2. The maximum absolute atomic E-state index is 4.23. The smallest absolute Gasteiger partial charge is 0.202 e. The maximum atomic E-state index is 4.23. The maximum Gasteiger partial charge on any atom is 0.202 e. The summed E-state index contributed by atoms with van der Waals surface area (Å²) in [4.78, 5) is 4.23. The first-order valence-corrected chi connectivity index (χ1v) is 5.35. The first-order chi connectivity index (χ1) is 6.65. The molecule has 1 aromatic heterocycles. The predicted molar refractivity (Wildman–Crippen MR) is 60.6 cm³/mol. The van der Waals surface area contributed by atoms with E-state index in [1.165, 1.54) is 12.8 Å². The molecule has 14 heavy (non-hydrogen) atoms. The fourth-order valence-electron chi connectivity index (χ4n) is 1.58. The van der Waals surface area contributed by atoms with E-state index in [1.807, 2.05) is 19.4 Å². The van der Waals surface area contributed by atoms with Crippen molar-refractivity contribution < 1.29 is 0 Å². The Morgan fingerprint density at radius 3 is 2.64 bits per heavy atom. The van der Waals surface area contributed by atoms with Crippen molar-refractivity contribution in [2.24, 2.45) is 5.92 Å². The number of imidazole rings is 1. The molecule has 1 aromatic rings. The topological polar surface area (TPSA) is 29.9 Å². The molecule has 3 heteroatoms. The van der Waals surface area contributed by atoms with Crippen LogP contribution in [0.3, 0.4) is 0 Å². The molecule has 3 nitrogen and oxygen atoms in total. The minimum atomic E-state index is 0.530. The Labute approximate surface area is 86.5 Å². The van der Waals surface area contributed by atoms with E-state index in [4.69, 9.17) is 0 Å². The Morgan fingerprint density at radius 1 is 1.36 bits per heavy atom. The predicted octanol–water partition coefficient (Wildman–Crippen LogP) is 2.92. The molecule has 0 fully saturated rings. The van der Waals surface area contributed by atoms with Gasteiger partial charge in [-0.25, -0.2) is 4.98 Å². The number of nitrogens with zero attached hydrogens (tertiary/aromatic N) is 2. The molecule has 1 rings (SSSR count). The zero-order chi connectivity index (χ0) is 10.6. The van der Waals surface area contributed by atoms with E-state index < -0.39 is 0 Å². The van der Waals surface area contributed by atoms with Crippen molar-refractivity contribution in [1.82, 2.24) is 9.55 Å². The van der Waals surface area contributed by atoms with Crippen molar-refractivity contribution in [2.45, 2.75) is 39.7 Å². The lowest BCUT2D eigenvalue weighted by molar-refractivity contribution is 0.442. The first kappa shape index (κ1) is 11.1. The fourth-order valence-corrected chi connectivity index (χ4v) is 1.58. The monoisotopic (exact) mass is 195 g/mol. The van der Waals surface area contributed by atoms with Gasteiger partial charge in [0, 0.05) is 25.5 Å². The molecule has 0 aliphatic carbocycles. The third-order valence-corrected chi connectivity index (χ3v) is 2.53. The molecule has 0 aliphatic rings. The molecule has 0 spiro atoms. The highest BCUT2D eigenvalue weighted by Crippen LogP contribution is 2.20. The Morgan fingerprint density at radius 2 is 2.07 bits per heavy atom. The van der Waals surface area contributed by atoms with Crippen molar-refractivity contribution in [3.8, 4) is 0 Å². The molecule has 0 saturated carbocycles. The van der Waals surface area contributed by atoms with Crippen LogP contribution in [0.25, 0.3) is 0 Å². The van der Waals surface area contributed by atoms with E-state index >= 15 is 0 Å². The summed E-state index contributed by atoms with van der Waals surface area (Å²) in [5, 5.41) is 3.10. The van der Waals surface area contributed by atoms with Crippen molar-refractivity contribution in [1.29, 1.82) is 0 Å². The van der Waals surface area contributed by atoms with E-state index in [-0.39, 0.29) is 0 Å². The van der Waals surface area contributed by atoms with Crippen LogP contribution in [0.4, 0.5) is 5.95 Å². The fraction of sp³-hybridized carbons (Fsp3) is 0.727. The molecule has 0 bridgehead atoms. The molecule has 0 radical (unpaired) electrons. The summed E-state index contributed by atoms with van der Waals surface area (Å²) in [6.07, 6.45) is 6.36. The van der Waals surface area contributed by atoms with Gasteiger partial charge in [0.05, 0.1) is 0 Å². The van der Waals surface area contributed by atoms with Gasteiger partial charge < -0.3 is 9.88 Å². The van der Waals surface area contributed by atoms with Gasteiger partial charge in [-0.2, -0.15) is 0 Å². The minimum Gasteiger partial charge on any atom is -0.359 e. The second kappa shape index (κ2) is 5.03. The molecule has 0 aromatic carbocycles. The van der Waals surface area contributed by atoms with Crippen molar-refractivity contribution in [2.75, 3.05) is 12.4 Å². The number of anilines is 1. The quantitative estimate of drug-likeness (QED) is 0.783. The van der Waals surface area contributed by atoms with Crippen molar-refractivity contribution in [3.63, 3.8) is 0 Å². The summed E-state index contributed by atoms with van der Waals surface area (Å²) >= 11 is 0. The molecular formula is C11H21N3. The van der Waals surface area contributed by atoms with Crippen molar-refractivity contribution >= 4 is 5.95 Å². The van der Waals surface area contributed by atoms with E-state index in [0.717, 1.165) is 11.9 Å². The highest BCUT2D eigenvalue weighted by atomic mass is 15.2. The molecular weight excluding hydrogens is 174 g/mol. The lowest BCUT2D eigenvalue weighted by atomic mass is 10.0. The van der Waals surface area contributed by atoms with Gasteiger partial charge in [0.25, 0.3) is 0 Å². The number of hydrogen-bond donors (Lipinski definition) is 1. The molecule has 80 valence electrons. The second-order valence-electron chi connectivity index (χ2n) is 4.23. The highest BCUT2D eigenvalue weighted by molar-refractivity contribution is 5.24.